The normalized spacial score (nSPS) is 21.2. The summed E-state index contributed by atoms with van der Waals surface area (Å²) in [4.78, 5) is 11.7. The maximum Gasteiger partial charge on any atom is 0.193 e. The molecule has 5 nitrogen and oxygen atoms in total. The summed E-state index contributed by atoms with van der Waals surface area (Å²) in [5, 5.41) is 3.58. The van der Waals surface area contributed by atoms with Crippen LogP contribution in [0.1, 0.15) is 37.7 Å². The number of guanidine groups is 1. The smallest absolute Gasteiger partial charge is 0.193 e. The molecule has 0 spiro atoms. The molecule has 2 heterocycles. The fraction of sp³-hybridized carbons (Fsp3) is 0.682. The zero-order valence-electron chi connectivity index (χ0n) is 17.9. The predicted molar refractivity (Wildman–Crippen MR) is 131 cm³/mol. The lowest BCUT2D eigenvalue weighted by molar-refractivity contribution is 0.209. The number of benzene rings is 1. The molecule has 2 fully saturated rings. The molecule has 2 aliphatic heterocycles. The van der Waals surface area contributed by atoms with Gasteiger partial charge < -0.3 is 20.0 Å². The van der Waals surface area contributed by atoms with Crippen molar-refractivity contribution in [3.63, 3.8) is 0 Å². The topological polar surface area (TPSA) is 34.1 Å². The van der Waals surface area contributed by atoms with Crippen molar-refractivity contribution >= 4 is 35.6 Å². The first-order chi connectivity index (χ1) is 13.2. The van der Waals surface area contributed by atoms with Crippen molar-refractivity contribution in [1.29, 1.82) is 0 Å². The average Bonchev–Trinajstić information content (AvgIpc) is 2.70. The lowest BCUT2D eigenvalue weighted by atomic mass is 9.98. The van der Waals surface area contributed by atoms with E-state index in [4.69, 9.17) is 0 Å². The molecule has 28 heavy (non-hydrogen) atoms. The number of hydrogen-bond acceptors (Lipinski definition) is 3. The van der Waals surface area contributed by atoms with Crippen molar-refractivity contribution in [1.82, 2.24) is 15.1 Å². The molecule has 1 aromatic carbocycles. The second-order valence-electron chi connectivity index (χ2n) is 8.27. The highest BCUT2D eigenvalue weighted by atomic mass is 127. The number of likely N-dealkylation sites (tertiary alicyclic amines) is 1. The van der Waals surface area contributed by atoms with Crippen LogP contribution in [-0.2, 0) is 6.54 Å². The third-order valence-corrected chi connectivity index (χ3v) is 5.92. The van der Waals surface area contributed by atoms with Gasteiger partial charge in [0.25, 0.3) is 0 Å². The summed E-state index contributed by atoms with van der Waals surface area (Å²) in [5.41, 5.74) is 2.70. The highest BCUT2D eigenvalue weighted by molar-refractivity contribution is 14.0. The lowest BCUT2D eigenvalue weighted by Gasteiger charge is -2.31. The Morgan fingerprint density at radius 1 is 1.11 bits per heavy atom. The Balaban J connectivity index is 0.00000280. The van der Waals surface area contributed by atoms with E-state index in [0.717, 1.165) is 25.0 Å². The van der Waals surface area contributed by atoms with E-state index in [1.54, 1.807) is 0 Å². The van der Waals surface area contributed by atoms with Crippen LogP contribution in [0.25, 0.3) is 0 Å². The quantitative estimate of drug-likeness (QED) is 0.381. The van der Waals surface area contributed by atoms with E-state index < -0.39 is 0 Å². The van der Waals surface area contributed by atoms with Gasteiger partial charge in [0.05, 0.1) is 0 Å². The third-order valence-electron chi connectivity index (χ3n) is 5.92. The Morgan fingerprint density at radius 3 is 2.46 bits per heavy atom. The van der Waals surface area contributed by atoms with Crippen LogP contribution in [-0.4, -0.2) is 69.6 Å². The molecule has 0 radical (unpaired) electrons. The zero-order chi connectivity index (χ0) is 19.1. The minimum Gasteiger partial charge on any atom is -0.372 e. The first kappa shape index (κ1) is 23.3. The highest BCUT2D eigenvalue weighted by Crippen LogP contribution is 2.20. The van der Waals surface area contributed by atoms with Gasteiger partial charge in [0.1, 0.15) is 0 Å². The largest absolute Gasteiger partial charge is 0.372 e. The van der Waals surface area contributed by atoms with Gasteiger partial charge in [-0.1, -0.05) is 12.1 Å². The van der Waals surface area contributed by atoms with Crippen molar-refractivity contribution in [2.24, 2.45) is 10.9 Å². The van der Waals surface area contributed by atoms with E-state index in [1.807, 2.05) is 7.05 Å². The van der Waals surface area contributed by atoms with E-state index in [9.17, 15) is 0 Å². The summed E-state index contributed by atoms with van der Waals surface area (Å²) in [7, 11) is 6.23. The van der Waals surface area contributed by atoms with Crippen LogP contribution in [0.3, 0.4) is 0 Å². The SMILES string of the molecule is CN=C(NCC1CCCN(C)C1)N(C)Cc1ccc(N2CCCCC2)cc1.I. The van der Waals surface area contributed by atoms with Gasteiger partial charge in [0.15, 0.2) is 5.96 Å². The van der Waals surface area contributed by atoms with Crippen LogP contribution in [0.5, 0.6) is 0 Å². The number of aliphatic imine (C=N–C) groups is 1. The minimum atomic E-state index is 0. The summed E-state index contributed by atoms with van der Waals surface area (Å²) in [6.45, 7) is 6.71. The van der Waals surface area contributed by atoms with Gasteiger partial charge >= 0.3 is 0 Å². The second kappa shape index (κ2) is 11.9. The van der Waals surface area contributed by atoms with Gasteiger partial charge in [-0.2, -0.15) is 0 Å². The van der Waals surface area contributed by atoms with Crippen LogP contribution in [0.15, 0.2) is 29.3 Å². The second-order valence-corrected chi connectivity index (χ2v) is 8.27. The molecule has 1 unspecified atom stereocenters. The van der Waals surface area contributed by atoms with Crippen molar-refractivity contribution in [3.05, 3.63) is 29.8 Å². The fourth-order valence-electron chi connectivity index (χ4n) is 4.37. The number of hydrogen-bond donors (Lipinski definition) is 1. The molecule has 0 aromatic heterocycles. The van der Waals surface area contributed by atoms with Crippen LogP contribution >= 0.6 is 24.0 Å². The lowest BCUT2D eigenvalue weighted by Crippen LogP contribution is -2.44. The molecule has 2 aliphatic rings. The number of piperidine rings is 2. The molecule has 1 aromatic rings. The fourth-order valence-corrected chi connectivity index (χ4v) is 4.37. The molecule has 3 rings (SSSR count). The van der Waals surface area contributed by atoms with Crippen molar-refractivity contribution in [2.45, 2.75) is 38.6 Å². The molecular weight excluding hydrogens is 461 g/mol. The molecule has 1 N–H and O–H groups in total. The summed E-state index contributed by atoms with van der Waals surface area (Å²) in [6, 6.07) is 9.10. The minimum absolute atomic E-state index is 0. The zero-order valence-corrected chi connectivity index (χ0v) is 20.2. The molecule has 1 atom stereocenters. The van der Waals surface area contributed by atoms with E-state index in [2.05, 4.69) is 63.4 Å². The van der Waals surface area contributed by atoms with E-state index in [1.165, 1.54) is 69.5 Å². The summed E-state index contributed by atoms with van der Waals surface area (Å²) < 4.78 is 0. The number of nitrogens with one attached hydrogen (secondary N) is 1. The van der Waals surface area contributed by atoms with Crippen molar-refractivity contribution in [3.8, 4) is 0 Å². The predicted octanol–water partition coefficient (Wildman–Crippen LogP) is 3.64. The Morgan fingerprint density at radius 2 is 1.82 bits per heavy atom. The van der Waals surface area contributed by atoms with Crippen LogP contribution in [0.2, 0.25) is 0 Å². The first-order valence-electron chi connectivity index (χ1n) is 10.6. The van der Waals surface area contributed by atoms with Crippen molar-refractivity contribution in [2.75, 3.05) is 58.8 Å². The molecule has 6 heteroatoms. The Bertz CT molecular complexity index is 597. The van der Waals surface area contributed by atoms with Crippen molar-refractivity contribution < 1.29 is 0 Å². The molecule has 158 valence electrons. The number of halogens is 1. The van der Waals surface area contributed by atoms with Crippen LogP contribution in [0.4, 0.5) is 5.69 Å². The number of nitrogens with zero attached hydrogens (tertiary/aromatic N) is 4. The number of anilines is 1. The average molecular weight is 499 g/mol. The molecule has 0 saturated carbocycles. The van der Waals surface area contributed by atoms with Crippen LogP contribution in [0, 0.1) is 5.92 Å². The van der Waals surface area contributed by atoms with E-state index >= 15 is 0 Å². The van der Waals surface area contributed by atoms with E-state index in [0.29, 0.717) is 0 Å². The molecule has 0 aliphatic carbocycles. The summed E-state index contributed by atoms with van der Waals surface area (Å²) >= 11 is 0. The third kappa shape index (κ3) is 6.79. The van der Waals surface area contributed by atoms with E-state index in [-0.39, 0.29) is 24.0 Å². The first-order valence-corrected chi connectivity index (χ1v) is 10.6. The standard InChI is InChI=1S/C22H37N5.HI/c1-23-22(24-16-20-8-7-13-25(2)17-20)26(3)18-19-9-11-21(12-10-19)27-14-5-4-6-15-27;/h9-12,20H,4-8,13-18H2,1-3H3,(H,23,24);1H. The van der Waals surface area contributed by atoms with Gasteiger partial charge in [-0.05, 0) is 69.3 Å². The van der Waals surface area contributed by atoms with Gasteiger partial charge in [-0.25, -0.2) is 0 Å². The molecule has 0 bridgehead atoms. The Labute approximate surface area is 188 Å². The van der Waals surface area contributed by atoms with Crippen LogP contribution < -0.4 is 10.2 Å². The number of rotatable bonds is 5. The van der Waals surface area contributed by atoms with Gasteiger partial charge in [0.2, 0.25) is 0 Å². The van der Waals surface area contributed by atoms with Gasteiger partial charge in [-0.3, -0.25) is 4.99 Å². The molecular formula is C22H38IN5. The maximum absolute atomic E-state index is 4.49. The molecule has 2 saturated heterocycles. The highest BCUT2D eigenvalue weighted by Gasteiger charge is 2.18. The monoisotopic (exact) mass is 499 g/mol. The summed E-state index contributed by atoms with van der Waals surface area (Å²) in [6.07, 6.45) is 6.64. The Kier molecular flexibility index (Phi) is 9.85. The molecule has 0 amide bonds. The van der Waals surface area contributed by atoms with Gasteiger partial charge in [0, 0.05) is 52.5 Å². The Hall–Kier alpha value is -1.02. The maximum atomic E-state index is 4.49. The van der Waals surface area contributed by atoms with Gasteiger partial charge in [-0.15, -0.1) is 24.0 Å². The summed E-state index contributed by atoms with van der Waals surface area (Å²) in [5.74, 6) is 1.71.